The number of halogens is 1. The largest absolute Gasteiger partial charge is 0.312 e. The highest BCUT2D eigenvalue weighted by Gasteiger charge is 2.09. The Hall–Kier alpha value is -0.530. The number of rotatable bonds is 5. The summed E-state index contributed by atoms with van der Waals surface area (Å²) in [5.74, 6) is 0.700. The lowest BCUT2D eigenvalue weighted by Crippen LogP contribution is -2.37. The third-order valence-electron chi connectivity index (χ3n) is 2.79. The van der Waals surface area contributed by atoms with Crippen LogP contribution in [0.5, 0.6) is 0 Å². The van der Waals surface area contributed by atoms with Gasteiger partial charge >= 0.3 is 0 Å². The molecular weight excluding hydrogens is 230 g/mol. The van der Waals surface area contributed by atoms with Crippen molar-refractivity contribution in [2.45, 2.75) is 46.1 Å². The van der Waals surface area contributed by atoms with Crippen LogP contribution in [0, 0.1) is 5.92 Å². The van der Waals surface area contributed by atoms with Crippen molar-refractivity contribution in [1.29, 1.82) is 0 Å². The van der Waals surface area contributed by atoms with Gasteiger partial charge in [-0.3, -0.25) is 0 Å². The van der Waals surface area contributed by atoms with Gasteiger partial charge in [0.2, 0.25) is 0 Å². The van der Waals surface area contributed by atoms with E-state index in [0.717, 1.165) is 18.0 Å². The van der Waals surface area contributed by atoms with Crippen molar-refractivity contribution in [1.82, 2.24) is 5.32 Å². The molecule has 17 heavy (non-hydrogen) atoms. The summed E-state index contributed by atoms with van der Waals surface area (Å²) in [6.07, 6.45) is 2.34. The molecule has 0 spiro atoms. The van der Waals surface area contributed by atoms with E-state index < -0.39 is 0 Å². The van der Waals surface area contributed by atoms with Crippen molar-refractivity contribution in [2.24, 2.45) is 5.92 Å². The fourth-order valence-corrected chi connectivity index (χ4v) is 1.94. The average Bonchev–Trinajstić information content (AvgIpc) is 2.19. The third-order valence-corrected chi connectivity index (χ3v) is 3.04. The lowest BCUT2D eigenvalue weighted by Gasteiger charge is -2.22. The molecule has 0 radical (unpaired) electrons. The van der Waals surface area contributed by atoms with Crippen molar-refractivity contribution >= 4 is 11.6 Å². The first-order valence-corrected chi connectivity index (χ1v) is 6.74. The zero-order chi connectivity index (χ0) is 12.9. The quantitative estimate of drug-likeness (QED) is 0.825. The van der Waals surface area contributed by atoms with Crippen LogP contribution >= 0.6 is 11.6 Å². The molecule has 0 fully saturated rings. The van der Waals surface area contributed by atoms with Gasteiger partial charge < -0.3 is 5.32 Å². The molecule has 2 heteroatoms. The van der Waals surface area contributed by atoms with Gasteiger partial charge in [0.05, 0.1) is 0 Å². The maximum atomic E-state index is 5.87. The van der Waals surface area contributed by atoms with Crippen LogP contribution in [0.4, 0.5) is 0 Å². The lowest BCUT2D eigenvalue weighted by atomic mass is 9.97. The molecule has 1 atom stereocenters. The lowest BCUT2D eigenvalue weighted by molar-refractivity contribution is 0.394. The van der Waals surface area contributed by atoms with Crippen molar-refractivity contribution in [3.8, 4) is 0 Å². The Bertz CT molecular complexity index is 324. The molecule has 96 valence electrons. The highest BCUT2D eigenvalue weighted by Crippen LogP contribution is 2.15. The Morgan fingerprint density at radius 2 is 1.76 bits per heavy atom. The summed E-state index contributed by atoms with van der Waals surface area (Å²) in [5.41, 5.74) is 1.60. The molecule has 0 aliphatic carbocycles. The van der Waals surface area contributed by atoms with E-state index in [1.165, 1.54) is 12.0 Å². The molecule has 0 aromatic heterocycles. The molecule has 0 aliphatic rings. The molecule has 1 nitrogen and oxygen atoms in total. The van der Waals surface area contributed by atoms with Crippen LogP contribution < -0.4 is 5.32 Å². The Morgan fingerprint density at radius 1 is 1.18 bits per heavy atom. The van der Waals surface area contributed by atoms with E-state index in [1.54, 1.807) is 0 Å². The normalized spacial score (nSPS) is 13.7. The Kier molecular flexibility index (Phi) is 5.48. The van der Waals surface area contributed by atoms with E-state index >= 15 is 0 Å². The predicted octanol–water partition coefficient (Wildman–Crippen LogP) is 4.30. The summed E-state index contributed by atoms with van der Waals surface area (Å²) in [6, 6.07) is 8.18. The van der Waals surface area contributed by atoms with Crippen LogP contribution in [-0.2, 0) is 6.42 Å². The molecule has 0 amide bonds. The summed E-state index contributed by atoms with van der Waals surface area (Å²) in [6.45, 7) is 10.0. The Morgan fingerprint density at radius 3 is 2.29 bits per heavy atom. The number of nitrogens with one attached hydrogen (secondary N) is 1. The molecule has 1 rings (SSSR count). The molecule has 0 bridgehead atoms. The second-order valence-electron chi connectivity index (χ2n) is 5.90. The van der Waals surface area contributed by atoms with Crippen molar-refractivity contribution in [2.75, 3.05) is 6.54 Å². The SMILES string of the molecule is CC(CCNC(C)(C)C)Cc1ccc(Cl)cc1. The first-order chi connectivity index (χ1) is 7.87. The smallest absolute Gasteiger partial charge is 0.0406 e. The number of hydrogen-bond donors (Lipinski definition) is 1. The van der Waals surface area contributed by atoms with Crippen LogP contribution in [-0.4, -0.2) is 12.1 Å². The van der Waals surface area contributed by atoms with Gasteiger partial charge in [-0.1, -0.05) is 30.7 Å². The summed E-state index contributed by atoms with van der Waals surface area (Å²) < 4.78 is 0. The highest BCUT2D eigenvalue weighted by atomic mass is 35.5. The van der Waals surface area contributed by atoms with Gasteiger partial charge in [0.25, 0.3) is 0 Å². The Labute approximate surface area is 111 Å². The minimum atomic E-state index is 0.222. The second-order valence-corrected chi connectivity index (χ2v) is 6.34. The summed E-state index contributed by atoms with van der Waals surface area (Å²) in [5, 5.41) is 4.34. The molecule has 0 heterocycles. The van der Waals surface area contributed by atoms with Crippen molar-refractivity contribution in [3.05, 3.63) is 34.9 Å². The van der Waals surface area contributed by atoms with E-state index in [2.05, 4.69) is 45.1 Å². The third kappa shape index (κ3) is 6.70. The molecule has 1 N–H and O–H groups in total. The highest BCUT2D eigenvalue weighted by molar-refractivity contribution is 6.30. The zero-order valence-corrected chi connectivity index (χ0v) is 12.1. The molecule has 0 saturated carbocycles. The molecule has 1 unspecified atom stereocenters. The van der Waals surface area contributed by atoms with Crippen molar-refractivity contribution in [3.63, 3.8) is 0 Å². The topological polar surface area (TPSA) is 12.0 Å². The van der Waals surface area contributed by atoms with E-state index in [0.29, 0.717) is 5.92 Å². The van der Waals surface area contributed by atoms with E-state index in [4.69, 9.17) is 11.6 Å². The van der Waals surface area contributed by atoms with E-state index in [1.807, 2.05) is 12.1 Å². The summed E-state index contributed by atoms with van der Waals surface area (Å²) in [7, 11) is 0. The van der Waals surface area contributed by atoms with Crippen LogP contribution in [0.3, 0.4) is 0 Å². The molecule has 0 saturated heterocycles. The average molecular weight is 254 g/mol. The van der Waals surface area contributed by atoms with E-state index in [9.17, 15) is 0 Å². The monoisotopic (exact) mass is 253 g/mol. The summed E-state index contributed by atoms with van der Waals surface area (Å²) >= 11 is 5.87. The van der Waals surface area contributed by atoms with Crippen LogP contribution in [0.1, 0.15) is 39.7 Å². The minimum absolute atomic E-state index is 0.222. The predicted molar refractivity (Wildman–Crippen MR) is 76.7 cm³/mol. The molecule has 1 aromatic rings. The summed E-state index contributed by atoms with van der Waals surface area (Å²) in [4.78, 5) is 0. The van der Waals surface area contributed by atoms with Gasteiger partial charge in [-0.2, -0.15) is 0 Å². The maximum absolute atomic E-state index is 5.87. The van der Waals surface area contributed by atoms with Gasteiger partial charge in [0.15, 0.2) is 0 Å². The van der Waals surface area contributed by atoms with Crippen LogP contribution in [0.2, 0.25) is 5.02 Å². The second kappa shape index (κ2) is 6.42. The van der Waals surface area contributed by atoms with E-state index in [-0.39, 0.29) is 5.54 Å². The molecule has 0 aliphatic heterocycles. The van der Waals surface area contributed by atoms with Gasteiger partial charge in [0, 0.05) is 10.6 Å². The molecule has 1 aromatic carbocycles. The molecular formula is C15H24ClN. The van der Waals surface area contributed by atoms with Crippen LogP contribution in [0.25, 0.3) is 0 Å². The Balaban J connectivity index is 2.30. The van der Waals surface area contributed by atoms with Crippen LogP contribution in [0.15, 0.2) is 24.3 Å². The minimum Gasteiger partial charge on any atom is -0.312 e. The fourth-order valence-electron chi connectivity index (χ4n) is 1.82. The first kappa shape index (κ1) is 14.5. The van der Waals surface area contributed by atoms with Gasteiger partial charge in [0.1, 0.15) is 0 Å². The maximum Gasteiger partial charge on any atom is 0.0406 e. The van der Waals surface area contributed by atoms with Gasteiger partial charge in [-0.05, 0) is 63.8 Å². The van der Waals surface area contributed by atoms with Gasteiger partial charge in [-0.25, -0.2) is 0 Å². The fraction of sp³-hybridized carbons (Fsp3) is 0.600. The zero-order valence-electron chi connectivity index (χ0n) is 11.4. The van der Waals surface area contributed by atoms with Crippen molar-refractivity contribution < 1.29 is 0 Å². The first-order valence-electron chi connectivity index (χ1n) is 6.36. The number of hydrogen-bond acceptors (Lipinski definition) is 1. The van der Waals surface area contributed by atoms with Gasteiger partial charge in [-0.15, -0.1) is 0 Å². The standard InChI is InChI=1S/C15H24ClN/c1-12(9-10-17-15(2,3)4)11-13-5-7-14(16)8-6-13/h5-8,12,17H,9-11H2,1-4H3. The number of benzene rings is 1.